The highest BCUT2D eigenvalue weighted by atomic mass is 16.6. The SMILES string of the molecule is CCC(C(=O)OC(C)(C)C)=C1CCN(C(=O)OCc2ccccc2)CC1. The third kappa shape index (κ3) is 5.90. The first kappa shape index (κ1) is 20.0. The van der Waals surface area contributed by atoms with E-state index in [2.05, 4.69) is 0 Å². The zero-order chi connectivity index (χ0) is 19.2. The minimum Gasteiger partial charge on any atom is -0.457 e. The highest BCUT2D eigenvalue weighted by Gasteiger charge is 2.26. The van der Waals surface area contributed by atoms with Crippen LogP contribution >= 0.6 is 0 Å². The Morgan fingerprint density at radius 2 is 1.69 bits per heavy atom. The van der Waals surface area contributed by atoms with Crippen molar-refractivity contribution in [3.8, 4) is 0 Å². The zero-order valence-electron chi connectivity index (χ0n) is 16.2. The maximum Gasteiger partial charge on any atom is 0.410 e. The summed E-state index contributed by atoms with van der Waals surface area (Å²) in [5.41, 5.74) is 2.31. The molecule has 0 unspecified atom stereocenters. The number of ether oxygens (including phenoxy) is 2. The van der Waals surface area contributed by atoms with Gasteiger partial charge >= 0.3 is 12.1 Å². The summed E-state index contributed by atoms with van der Waals surface area (Å²) >= 11 is 0. The summed E-state index contributed by atoms with van der Waals surface area (Å²) in [6.07, 6.45) is 1.71. The molecule has 0 atom stereocenters. The fraction of sp³-hybridized carbons (Fsp3) is 0.524. The van der Waals surface area contributed by atoms with Crippen molar-refractivity contribution in [1.82, 2.24) is 4.90 Å². The zero-order valence-corrected chi connectivity index (χ0v) is 16.2. The molecule has 1 aromatic carbocycles. The van der Waals surface area contributed by atoms with Crippen LogP contribution in [0.4, 0.5) is 4.79 Å². The Morgan fingerprint density at radius 3 is 2.23 bits per heavy atom. The molecule has 0 spiro atoms. The second kappa shape index (κ2) is 8.88. The maximum absolute atomic E-state index is 12.4. The van der Waals surface area contributed by atoms with Crippen LogP contribution in [-0.2, 0) is 20.9 Å². The molecule has 1 aromatic rings. The molecule has 0 radical (unpaired) electrons. The Bertz CT molecular complexity index is 648. The Kier molecular flexibility index (Phi) is 6.83. The van der Waals surface area contributed by atoms with Crippen molar-refractivity contribution in [2.75, 3.05) is 13.1 Å². The van der Waals surface area contributed by atoms with Gasteiger partial charge in [0.05, 0.1) is 0 Å². The van der Waals surface area contributed by atoms with Crippen LogP contribution in [0.2, 0.25) is 0 Å². The molecule has 1 fully saturated rings. The van der Waals surface area contributed by atoms with Gasteiger partial charge in [0.2, 0.25) is 0 Å². The van der Waals surface area contributed by atoms with Crippen LogP contribution in [0, 0.1) is 0 Å². The number of benzene rings is 1. The van der Waals surface area contributed by atoms with Gasteiger partial charge in [0, 0.05) is 18.7 Å². The lowest BCUT2D eigenvalue weighted by Gasteiger charge is -2.29. The van der Waals surface area contributed by atoms with E-state index in [1.54, 1.807) is 4.90 Å². The predicted molar refractivity (Wildman–Crippen MR) is 101 cm³/mol. The smallest absolute Gasteiger partial charge is 0.410 e. The quantitative estimate of drug-likeness (QED) is 0.588. The van der Waals surface area contributed by atoms with Crippen molar-refractivity contribution in [3.63, 3.8) is 0 Å². The molecule has 0 saturated carbocycles. The fourth-order valence-electron chi connectivity index (χ4n) is 2.95. The van der Waals surface area contributed by atoms with Crippen molar-refractivity contribution < 1.29 is 19.1 Å². The predicted octanol–water partition coefficient (Wildman–Crippen LogP) is 4.47. The van der Waals surface area contributed by atoms with Gasteiger partial charge in [0.15, 0.2) is 0 Å². The number of hydrogen-bond donors (Lipinski definition) is 0. The molecule has 5 nitrogen and oxygen atoms in total. The summed E-state index contributed by atoms with van der Waals surface area (Å²) in [6.45, 7) is 8.98. The van der Waals surface area contributed by atoms with Gasteiger partial charge in [0.1, 0.15) is 12.2 Å². The first-order valence-corrected chi connectivity index (χ1v) is 9.20. The van der Waals surface area contributed by atoms with Crippen LogP contribution in [0.5, 0.6) is 0 Å². The summed E-state index contributed by atoms with van der Waals surface area (Å²) in [5, 5.41) is 0. The van der Waals surface area contributed by atoms with Crippen LogP contribution in [0.3, 0.4) is 0 Å². The molecule has 0 aromatic heterocycles. The van der Waals surface area contributed by atoms with E-state index in [-0.39, 0.29) is 18.7 Å². The van der Waals surface area contributed by atoms with E-state index in [4.69, 9.17) is 9.47 Å². The highest BCUT2D eigenvalue weighted by molar-refractivity contribution is 5.89. The van der Waals surface area contributed by atoms with E-state index in [1.807, 2.05) is 58.0 Å². The third-order valence-corrected chi connectivity index (χ3v) is 4.26. The summed E-state index contributed by atoms with van der Waals surface area (Å²) in [5.74, 6) is -0.241. The molecule has 2 rings (SSSR count). The minimum absolute atomic E-state index is 0.241. The number of hydrogen-bond acceptors (Lipinski definition) is 4. The number of likely N-dealkylation sites (tertiary alicyclic amines) is 1. The van der Waals surface area contributed by atoms with Crippen LogP contribution in [0.1, 0.15) is 52.5 Å². The summed E-state index contributed by atoms with van der Waals surface area (Å²) < 4.78 is 10.9. The normalized spacial score (nSPS) is 14.8. The van der Waals surface area contributed by atoms with Crippen molar-refractivity contribution >= 4 is 12.1 Å². The second-order valence-electron chi connectivity index (χ2n) is 7.46. The number of rotatable bonds is 4. The Hall–Kier alpha value is -2.30. The van der Waals surface area contributed by atoms with Crippen LogP contribution in [0.25, 0.3) is 0 Å². The van der Waals surface area contributed by atoms with Gasteiger partial charge in [-0.25, -0.2) is 9.59 Å². The Labute approximate surface area is 156 Å². The highest BCUT2D eigenvalue weighted by Crippen LogP contribution is 2.25. The first-order valence-electron chi connectivity index (χ1n) is 9.20. The van der Waals surface area contributed by atoms with Gasteiger partial charge in [-0.05, 0) is 45.6 Å². The third-order valence-electron chi connectivity index (χ3n) is 4.26. The molecule has 1 aliphatic rings. The van der Waals surface area contributed by atoms with Gasteiger partial charge in [-0.2, -0.15) is 0 Å². The molecule has 26 heavy (non-hydrogen) atoms. The monoisotopic (exact) mass is 359 g/mol. The van der Waals surface area contributed by atoms with Crippen molar-refractivity contribution in [3.05, 3.63) is 47.0 Å². The van der Waals surface area contributed by atoms with Crippen molar-refractivity contribution in [1.29, 1.82) is 0 Å². The van der Waals surface area contributed by atoms with Gasteiger partial charge in [-0.15, -0.1) is 0 Å². The number of amides is 1. The number of carbonyl (C=O) groups is 2. The topological polar surface area (TPSA) is 55.8 Å². The first-order chi connectivity index (χ1) is 12.3. The van der Waals surface area contributed by atoms with Crippen LogP contribution in [-0.4, -0.2) is 35.7 Å². The summed E-state index contributed by atoms with van der Waals surface area (Å²) in [7, 11) is 0. The fourth-order valence-corrected chi connectivity index (χ4v) is 2.95. The summed E-state index contributed by atoms with van der Waals surface area (Å²) in [4.78, 5) is 26.3. The molecule has 0 bridgehead atoms. The minimum atomic E-state index is -0.500. The molecule has 1 saturated heterocycles. The second-order valence-corrected chi connectivity index (χ2v) is 7.46. The Balaban J connectivity index is 1.90. The average Bonchev–Trinajstić information content (AvgIpc) is 2.60. The molecule has 0 N–H and O–H groups in total. The van der Waals surface area contributed by atoms with Crippen molar-refractivity contribution in [2.24, 2.45) is 0 Å². The van der Waals surface area contributed by atoms with Gasteiger partial charge in [-0.1, -0.05) is 42.8 Å². The molecule has 0 aliphatic carbocycles. The van der Waals surface area contributed by atoms with Gasteiger partial charge in [0.25, 0.3) is 0 Å². The molecule has 5 heteroatoms. The lowest BCUT2D eigenvalue weighted by Crippen LogP contribution is -2.37. The lowest BCUT2D eigenvalue weighted by molar-refractivity contribution is -0.150. The largest absolute Gasteiger partial charge is 0.457 e. The molecule has 1 heterocycles. The Morgan fingerprint density at radius 1 is 1.08 bits per heavy atom. The van der Waals surface area contributed by atoms with E-state index in [9.17, 15) is 9.59 Å². The number of carbonyl (C=O) groups excluding carboxylic acids is 2. The maximum atomic E-state index is 12.4. The van der Waals surface area contributed by atoms with Gasteiger partial charge < -0.3 is 14.4 Å². The standard InChI is InChI=1S/C21H29NO4/c1-5-18(19(23)26-21(2,3)4)17-11-13-22(14-12-17)20(24)25-15-16-9-7-6-8-10-16/h6-10H,5,11-15H2,1-4H3. The van der Waals surface area contributed by atoms with Gasteiger partial charge in [-0.3, -0.25) is 0 Å². The lowest BCUT2D eigenvalue weighted by atomic mass is 9.96. The van der Waals surface area contributed by atoms with E-state index in [1.165, 1.54) is 0 Å². The molecular formula is C21H29NO4. The molecule has 142 valence electrons. The number of piperidine rings is 1. The summed E-state index contributed by atoms with van der Waals surface area (Å²) in [6, 6.07) is 9.63. The number of esters is 1. The van der Waals surface area contributed by atoms with Crippen molar-refractivity contribution in [2.45, 2.75) is 59.2 Å². The number of nitrogens with zero attached hydrogens (tertiary/aromatic N) is 1. The van der Waals surface area contributed by atoms with Crippen LogP contribution < -0.4 is 0 Å². The molecular weight excluding hydrogens is 330 g/mol. The van der Waals surface area contributed by atoms with Crippen LogP contribution in [0.15, 0.2) is 41.5 Å². The van der Waals surface area contributed by atoms with E-state index in [0.717, 1.165) is 16.7 Å². The van der Waals surface area contributed by atoms with E-state index < -0.39 is 5.60 Å². The molecule has 1 amide bonds. The average molecular weight is 359 g/mol. The van der Waals surface area contributed by atoms with E-state index in [0.29, 0.717) is 32.4 Å². The van der Waals surface area contributed by atoms with E-state index >= 15 is 0 Å². The molecule has 1 aliphatic heterocycles.